The first-order valence-electron chi connectivity index (χ1n) is 6.09. The van der Waals surface area contributed by atoms with Gasteiger partial charge in [0.25, 0.3) is 0 Å². The van der Waals surface area contributed by atoms with Crippen molar-refractivity contribution in [3.63, 3.8) is 0 Å². The van der Waals surface area contributed by atoms with Crippen molar-refractivity contribution in [2.45, 2.75) is 12.8 Å². The number of nitriles is 1. The SMILES string of the molecule is Cc1ccc(C(=O)C(C#N)c2cccc(Cl)c2F)c(Cl)c1. The number of halogens is 3. The topological polar surface area (TPSA) is 40.9 Å². The summed E-state index contributed by atoms with van der Waals surface area (Å²) in [6.07, 6.45) is 0. The standard InChI is InChI=1S/C16H10Cl2FNO/c1-9-5-6-11(14(18)7-9)16(21)12(8-20)10-3-2-4-13(17)15(10)19/h2-7,12H,1H3. The molecule has 0 aromatic heterocycles. The Labute approximate surface area is 131 Å². The number of hydrogen-bond acceptors (Lipinski definition) is 2. The third kappa shape index (κ3) is 3.07. The van der Waals surface area contributed by atoms with Crippen LogP contribution < -0.4 is 0 Å². The van der Waals surface area contributed by atoms with Crippen LogP contribution in [0.2, 0.25) is 10.0 Å². The van der Waals surface area contributed by atoms with Gasteiger partial charge < -0.3 is 0 Å². The molecule has 0 radical (unpaired) electrons. The van der Waals surface area contributed by atoms with E-state index < -0.39 is 17.5 Å². The lowest BCUT2D eigenvalue weighted by molar-refractivity contribution is 0.0977. The Kier molecular flexibility index (Phi) is 4.62. The van der Waals surface area contributed by atoms with Gasteiger partial charge in [-0.25, -0.2) is 4.39 Å². The Balaban J connectivity index is 2.49. The van der Waals surface area contributed by atoms with E-state index in [2.05, 4.69) is 0 Å². The van der Waals surface area contributed by atoms with Gasteiger partial charge in [0.1, 0.15) is 11.7 Å². The Morgan fingerprint density at radius 1 is 1.24 bits per heavy atom. The molecule has 2 aromatic carbocycles. The maximum Gasteiger partial charge on any atom is 0.186 e. The fourth-order valence-corrected chi connectivity index (χ4v) is 2.50. The van der Waals surface area contributed by atoms with Crippen molar-refractivity contribution >= 4 is 29.0 Å². The van der Waals surface area contributed by atoms with E-state index in [4.69, 9.17) is 23.2 Å². The number of benzene rings is 2. The average Bonchev–Trinajstić information content (AvgIpc) is 2.44. The van der Waals surface area contributed by atoms with Crippen molar-refractivity contribution < 1.29 is 9.18 Å². The smallest absolute Gasteiger partial charge is 0.186 e. The highest BCUT2D eigenvalue weighted by atomic mass is 35.5. The highest BCUT2D eigenvalue weighted by molar-refractivity contribution is 6.34. The van der Waals surface area contributed by atoms with E-state index in [0.29, 0.717) is 0 Å². The summed E-state index contributed by atoms with van der Waals surface area (Å²) >= 11 is 11.7. The normalized spacial score (nSPS) is 11.8. The van der Waals surface area contributed by atoms with Crippen LogP contribution in [0.5, 0.6) is 0 Å². The van der Waals surface area contributed by atoms with Gasteiger partial charge in [0.15, 0.2) is 5.78 Å². The number of carbonyl (C=O) groups is 1. The Hall–Kier alpha value is -1.89. The molecule has 0 aliphatic rings. The zero-order valence-corrected chi connectivity index (χ0v) is 12.5. The van der Waals surface area contributed by atoms with Crippen molar-refractivity contribution in [2.24, 2.45) is 0 Å². The molecule has 0 amide bonds. The molecule has 0 fully saturated rings. The molecule has 0 N–H and O–H groups in total. The van der Waals surface area contributed by atoms with Crippen LogP contribution >= 0.6 is 23.2 Å². The molecule has 0 saturated heterocycles. The first-order chi connectivity index (χ1) is 9.95. The molecule has 0 aliphatic carbocycles. The number of carbonyl (C=O) groups excluding carboxylic acids is 1. The number of Topliss-reactive ketones (excluding diaryl/α,β-unsaturated/α-hetero) is 1. The molecule has 0 spiro atoms. The monoisotopic (exact) mass is 321 g/mol. The van der Waals surface area contributed by atoms with E-state index in [-0.39, 0.29) is 21.2 Å². The first kappa shape index (κ1) is 15.5. The number of hydrogen-bond donors (Lipinski definition) is 0. The van der Waals surface area contributed by atoms with Crippen LogP contribution in [0.25, 0.3) is 0 Å². The van der Waals surface area contributed by atoms with E-state index >= 15 is 0 Å². The Bertz CT molecular complexity index is 752. The average molecular weight is 322 g/mol. The van der Waals surface area contributed by atoms with E-state index in [9.17, 15) is 14.4 Å². The van der Waals surface area contributed by atoms with Gasteiger partial charge in [0.05, 0.1) is 16.1 Å². The molecule has 0 bridgehead atoms. The van der Waals surface area contributed by atoms with E-state index in [0.717, 1.165) is 5.56 Å². The van der Waals surface area contributed by atoms with Gasteiger partial charge in [0, 0.05) is 11.1 Å². The van der Waals surface area contributed by atoms with Crippen LogP contribution in [0, 0.1) is 24.1 Å². The van der Waals surface area contributed by atoms with Crippen LogP contribution in [-0.4, -0.2) is 5.78 Å². The molecule has 2 nitrogen and oxygen atoms in total. The van der Waals surface area contributed by atoms with Crippen molar-refractivity contribution in [2.75, 3.05) is 0 Å². The van der Waals surface area contributed by atoms with Crippen LogP contribution in [0.1, 0.15) is 27.4 Å². The third-order valence-electron chi connectivity index (χ3n) is 3.07. The predicted octanol–water partition coefficient (Wildman–Crippen LogP) is 4.93. The summed E-state index contributed by atoms with van der Waals surface area (Å²) in [6.45, 7) is 1.83. The summed E-state index contributed by atoms with van der Waals surface area (Å²) in [5.41, 5.74) is 1.03. The molecule has 0 saturated carbocycles. The minimum atomic E-state index is -1.29. The highest BCUT2D eigenvalue weighted by Gasteiger charge is 2.27. The molecule has 1 unspecified atom stereocenters. The molecule has 106 valence electrons. The van der Waals surface area contributed by atoms with Crippen molar-refractivity contribution in [3.8, 4) is 6.07 Å². The third-order valence-corrected chi connectivity index (χ3v) is 3.68. The maximum absolute atomic E-state index is 14.0. The zero-order chi connectivity index (χ0) is 15.6. The van der Waals surface area contributed by atoms with Crippen LogP contribution in [-0.2, 0) is 0 Å². The lowest BCUT2D eigenvalue weighted by Crippen LogP contribution is -2.13. The molecule has 21 heavy (non-hydrogen) atoms. The van der Waals surface area contributed by atoms with Gasteiger partial charge in [-0.15, -0.1) is 0 Å². The molecule has 1 atom stereocenters. The van der Waals surface area contributed by atoms with E-state index in [1.54, 1.807) is 12.1 Å². The van der Waals surface area contributed by atoms with Gasteiger partial charge in [-0.05, 0) is 30.7 Å². The molecule has 2 rings (SSSR count). The van der Waals surface area contributed by atoms with Crippen molar-refractivity contribution in [1.82, 2.24) is 0 Å². The van der Waals surface area contributed by atoms with Gasteiger partial charge in [-0.1, -0.05) is 41.4 Å². The second-order valence-corrected chi connectivity index (χ2v) is 5.37. The fraction of sp³-hybridized carbons (Fsp3) is 0.125. The molecule has 0 aliphatic heterocycles. The van der Waals surface area contributed by atoms with Gasteiger partial charge in [0.2, 0.25) is 0 Å². The van der Waals surface area contributed by atoms with Gasteiger partial charge >= 0.3 is 0 Å². The largest absolute Gasteiger partial charge is 0.292 e. The van der Waals surface area contributed by atoms with Crippen LogP contribution in [0.15, 0.2) is 36.4 Å². The summed E-state index contributed by atoms with van der Waals surface area (Å²) in [7, 11) is 0. The number of nitrogens with zero attached hydrogens (tertiary/aromatic N) is 1. The van der Waals surface area contributed by atoms with Crippen molar-refractivity contribution in [1.29, 1.82) is 5.26 Å². The highest BCUT2D eigenvalue weighted by Crippen LogP contribution is 2.29. The van der Waals surface area contributed by atoms with E-state index in [1.807, 2.05) is 13.0 Å². The summed E-state index contributed by atoms with van der Waals surface area (Å²) in [6, 6.07) is 10.9. The maximum atomic E-state index is 14.0. The summed E-state index contributed by atoms with van der Waals surface area (Å²) in [5.74, 6) is -2.60. The summed E-state index contributed by atoms with van der Waals surface area (Å²) < 4.78 is 14.0. The summed E-state index contributed by atoms with van der Waals surface area (Å²) in [4.78, 5) is 12.5. The second kappa shape index (κ2) is 6.26. The zero-order valence-electron chi connectivity index (χ0n) is 11.0. The quantitative estimate of drug-likeness (QED) is 0.752. The lowest BCUT2D eigenvalue weighted by Gasteiger charge is -2.12. The Morgan fingerprint density at radius 2 is 1.95 bits per heavy atom. The minimum Gasteiger partial charge on any atom is -0.292 e. The number of aryl methyl sites for hydroxylation is 1. The van der Waals surface area contributed by atoms with Gasteiger partial charge in [-0.2, -0.15) is 5.26 Å². The van der Waals surface area contributed by atoms with E-state index in [1.165, 1.54) is 24.3 Å². The molecule has 5 heteroatoms. The van der Waals surface area contributed by atoms with Crippen LogP contribution in [0.3, 0.4) is 0 Å². The second-order valence-electron chi connectivity index (χ2n) is 4.55. The first-order valence-corrected chi connectivity index (χ1v) is 6.85. The molecular formula is C16H10Cl2FNO. The number of rotatable bonds is 3. The minimum absolute atomic E-state index is 0.0494. The van der Waals surface area contributed by atoms with Crippen LogP contribution in [0.4, 0.5) is 4.39 Å². The van der Waals surface area contributed by atoms with Gasteiger partial charge in [-0.3, -0.25) is 4.79 Å². The lowest BCUT2D eigenvalue weighted by atomic mass is 9.91. The fourth-order valence-electron chi connectivity index (χ4n) is 1.99. The summed E-state index contributed by atoms with van der Waals surface area (Å²) in [5, 5.41) is 9.36. The molecular weight excluding hydrogens is 312 g/mol. The number of ketones is 1. The molecule has 2 aromatic rings. The predicted molar refractivity (Wildman–Crippen MR) is 80.3 cm³/mol. The molecule has 0 heterocycles. The van der Waals surface area contributed by atoms with Crippen molar-refractivity contribution in [3.05, 3.63) is 69.0 Å². The Morgan fingerprint density at radius 3 is 2.57 bits per heavy atom.